The number of aromatic nitrogens is 2. The lowest BCUT2D eigenvalue weighted by Gasteiger charge is -2.05. The fourth-order valence-electron chi connectivity index (χ4n) is 1.68. The van der Waals surface area contributed by atoms with Gasteiger partial charge in [0.2, 0.25) is 0 Å². The molecule has 4 N–H and O–H groups in total. The van der Waals surface area contributed by atoms with Crippen LogP contribution in [0.4, 0.5) is 11.4 Å². The van der Waals surface area contributed by atoms with Crippen LogP contribution >= 0.6 is 0 Å². The van der Waals surface area contributed by atoms with Gasteiger partial charge in [0.05, 0.1) is 11.8 Å². The van der Waals surface area contributed by atoms with Gasteiger partial charge >= 0.3 is 5.97 Å². The quantitative estimate of drug-likeness (QED) is 0.640. The molecule has 0 unspecified atom stereocenters. The summed E-state index contributed by atoms with van der Waals surface area (Å²) in [4.78, 5) is 11.8. The highest BCUT2D eigenvalue weighted by Gasteiger charge is 2.09. The molecule has 1 heterocycles. The normalized spacial score (nSPS) is 10.4. The first kappa shape index (κ1) is 12.9. The van der Waals surface area contributed by atoms with E-state index >= 15 is 0 Å². The second-order valence-corrected chi connectivity index (χ2v) is 4.17. The number of benzene rings is 1. The Morgan fingerprint density at radius 3 is 2.58 bits per heavy atom. The third-order valence-corrected chi connectivity index (χ3v) is 2.59. The lowest BCUT2D eigenvalue weighted by Crippen LogP contribution is -2.06. The van der Waals surface area contributed by atoms with Crippen molar-refractivity contribution in [3.8, 4) is 0 Å². The Bertz CT molecular complexity index is 572. The molecule has 0 aliphatic heterocycles. The van der Waals surface area contributed by atoms with Gasteiger partial charge in [-0.1, -0.05) is 0 Å². The molecule has 0 spiro atoms. The van der Waals surface area contributed by atoms with Gasteiger partial charge in [-0.25, -0.2) is 4.79 Å². The maximum atomic E-state index is 11.8. The molecule has 0 radical (unpaired) electrons. The van der Waals surface area contributed by atoms with Crippen LogP contribution in [-0.2, 0) is 17.9 Å². The predicted octanol–water partition coefficient (Wildman–Crippen LogP) is 1.42. The summed E-state index contributed by atoms with van der Waals surface area (Å²) in [5.41, 5.74) is 13.3. The zero-order valence-corrected chi connectivity index (χ0v) is 10.7. The second-order valence-electron chi connectivity index (χ2n) is 4.17. The summed E-state index contributed by atoms with van der Waals surface area (Å²) in [6.07, 6.45) is 3.51. The number of carbonyl (C=O) groups is 1. The highest BCUT2D eigenvalue weighted by atomic mass is 16.5. The van der Waals surface area contributed by atoms with E-state index in [1.54, 1.807) is 16.9 Å². The number of esters is 1. The number of nitrogens with two attached hydrogens (primary N) is 2. The van der Waals surface area contributed by atoms with Crippen molar-refractivity contribution >= 4 is 17.3 Å². The Morgan fingerprint density at radius 2 is 2.00 bits per heavy atom. The summed E-state index contributed by atoms with van der Waals surface area (Å²) in [5, 5.41) is 4.10. The maximum Gasteiger partial charge on any atom is 0.338 e. The molecule has 0 aliphatic carbocycles. The van der Waals surface area contributed by atoms with Crippen LogP contribution in [0.25, 0.3) is 0 Å². The Kier molecular flexibility index (Phi) is 3.70. The molecule has 19 heavy (non-hydrogen) atoms. The van der Waals surface area contributed by atoms with E-state index in [-0.39, 0.29) is 6.61 Å². The van der Waals surface area contributed by atoms with Crippen LogP contribution in [0.1, 0.15) is 22.8 Å². The summed E-state index contributed by atoms with van der Waals surface area (Å²) in [6.45, 7) is 2.94. The number of carbonyl (C=O) groups excluding carboxylic acids is 1. The summed E-state index contributed by atoms with van der Waals surface area (Å²) in [5.74, 6) is -0.455. The Hall–Kier alpha value is -2.50. The van der Waals surface area contributed by atoms with E-state index in [0.29, 0.717) is 16.9 Å². The molecule has 0 atom stereocenters. The van der Waals surface area contributed by atoms with Crippen molar-refractivity contribution in [2.45, 2.75) is 20.1 Å². The zero-order chi connectivity index (χ0) is 13.8. The van der Waals surface area contributed by atoms with Gasteiger partial charge in [-0.05, 0) is 25.1 Å². The van der Waals surface area contributed by atoms with E-state index < -0.39 is 5.97 Å². The number of hydrogen-bond acceptors (Lipinski definition) is 5. The molecule has 0 saturated heterocycles. The van der Waals surface area contributed by atoms with Crippen LogP contribution in [0.15, 0.2) is 30.6 Å². The average Bonchev–Trinajstić information content (AvgIpc) is 2.82. The maximum absolute atomic E-state index is 11.8. The average molecular weight is 260 g/mol. The molecule has 0 saturated carbocycles. The number of hydrogen-bond donors (Lipinski definition) is 2. The smallest absolute Gasteiger partial charge is 0.338 e. The fourth-order valence-corrected chi connectivity index (χ4v) is 1.68. The number of aryl methyl sites for hydroxylation is 1. The van der Waals surface area contributed by atoms with Gasteiger partial charge in [0.1, 0.15) is 6.61 Å². The van der Waals surface area contributed by atoms with E-state index in [9.17, 15) is 4.79 Å². The van der Waals surface area contributed by atoms with Crippen LogP contribution in [0.3, 0.4) is 0 Å². The van der Waals surface area contributed by atoms with E-state index in [2.05, 4.69) is 5.10 Å². The second kappa shape index (κ2) is 5.43. The third kappa shape index (κ3) is 3.25. The van der Waals surface area contributed by atoms with Gasteiger partial charge in [0.15, 0.2) is 0 Å². The molecule has 6 heteroatoms. The van der Waals surface area contributed by atoms with Gasteiger partial charge in [-0.2, -0.15) is 5.10 Å². The van der Waals surface area contributed by atoms with Crippen LogP contribution in [0.5, 0.6) is 0 Å². The zero-order valence-electron chi connectivity index (χ0n) is 10.7. The first-order chi connectivity index (χ1) is 9.08. The monoisotopic (exact) mass is 260 g/mol. The van der Waals surface area contributed by atoms with Gasteiger partial charge in [0, 0.05) is 29.7 Å². The number of rotatable bonds is 4. The molecule has 0 fully saturated rings. The largest absolute Gasteiger partial charge is 0.457 e. The van der Waals surface area contributed by atoms with Crippen molar-refractivity contribution in [2.75, 3.05) is 11.5 Å². The topological polar surface area (TPSA) is 96.2 Å². The van der Waals surface area contributed by atoms with Crippen LogP contribution in [0, 0.1) is 0 Å². The van der Waals surface area contributed by atoms with Crippen molar-refractivity contribution in [1.29, 1.82) is 0 Å². The molecule has 1 aromatic heterocycles. The summed E-state index contributed by atoms with van der Waals surface area (Å²) in [7, 11) is 0. The van der Waals surface area contributed by atoms with E-state index in [1.807, 2.05) is 13.1 Å². The molecule has 6 nitrogen and oxygen atoms in total. The van der Waals surface area contributed by atoms with Crippen molar-refractivity contribution in [2.24, 2.45) is 0 Å². The number of anilines is 2. The molecule has 0 aliphatic rings. The van der Waals surface area contributed by atoms with Crippen LogP contribution < -0.4 is 11.5 Å². The van der Waals surface area contributed by atoms with Crippen molar-refractivity contribution in [1.82, 2.24) is 9.78 Å². The third-order valence-electron chi connectivity index (χ3n) is 2.59. The lowest BCUT2D eigenvalue weighted by atomic mass is 10.2. The minimum atomic E-state index is -0.455. The van der Waals surface area contributed by atoms with Crippen LogP contribution in [-0.4, -0.2) is 15.7 Å². The molecular formula is C13H16N4O2. The first-order valence-corrected chi connectivity index (χ1v) is 5.93. The number of ether oxygens (including phenoxy) is 1. The number of nitrogen functional groups attached to an aromatic ring is 2. The van der Waals surface area contributed by atoms with Crippen molar-refractivity contribution in [3.05, 3.63) is 41.7 Å². The van der Waals surface area contributed by atoms with Crippen molar-refractivity contribution < 1.29 is 9.53 Å². The lowest BCUT2D eigenvalue weighted by molar-refractivity contribution is 0.0473. The highest BCUT2D eigenvalue weighted by molar-refractivity contribution is 5.91. The van der Waals surface area contributed by atoms with E-state index in [0.717, 1.165) is 12.1 Å². The first-order valence-electron chi connectivity index (χ1n) is 5.93. The Balaban J connectivity index is 2.00. The van der Waals surface area contributed by atoms with Gasteiger partial charge in [0.25, 0.3) is 0 Å². The molecule has 0 amide bonds. The van der Waals surface area contributed by atoms with Gasteiger partial charge in [-0.3, -0.25) is 4.68 Å². The number of nitrogens with zero attached hydrogens (tertiary/aromatic N) is 2. The van der Waals surface area contributed by atoms with E-state index in [4.69, 9.17) is 16.2 Å². The SMILES string of the molecule is CCn1cc(COC(=O)c2cc(N)cc(N)c2)cn1. The summed E-state index contributed by atoms with van der Waals surface area (Å²) < 4.78 is 6.94. The molecule has 1 aromatic carbocycles. The van der Waals surface area contributed by atoms with Crippen molar-refractivity contribution in [3.63, 3.8) is 0 Å². The molecule has 0 bridgehead atoms. The summed E-state index contributed by atoms with van der Waals surface area (Å²) >= 11 is 0. The van der Waals surface area contributed by atoms with Gasteiger partial charge in [-0.15, -0.1) is 0 Å². The minimum absolute atomic E-state index is 0.174. The molecule has 2 rings (SSSR count). The van der Waals surface area contributed by atoms with Crippen LogP contribution in [0.2, 0.25) is 0 Å². The molecular weight excluding hydrogens is 244 g/mol. The fraction of sp³-hybridized carbons (Fsp3) is 0.231. The standard InChI is InChI=1S/C13H16N4O2/c1-2-17-7-9(6-16-17)8-19-13(18)10-3-11(14)5-12(15)4-10/h3-7H,2,8,14-15H2,1H3. The molecule has 100 valence electrons. The summed E-state index contributed by atoms with van der Waals surface area (Å²) in [6, 6.07) is 4.66. The van der Waals surface area contributed by atoms with E-state index in [1.165, 1.54) is 12.1 Å². The Labute approximate surface area is 111 Å². The molecule has 2 aromatic rings. The predicted molar refractivity (Wildman–Crippen MR) is 72.3 cm³/mol. The minimum Gasteiger partial charge on any atom is -0.457 e. The van der Waals surface area contributed by atoms with Gasteiger partial charge < -0.3 is 16.2 Å². The highest BCUT2D eigenvalue weighted by Crippen LogP contribution is 2.15. The Morgan fingerprint density at radius 1 is 1.32 bits per heavy atom.